The van der Waals surface area contributed by atoms with Gasteiger partial charge >= 0.3 is 0 Å². The second kappa shape index (κ2) is 4.56. The standard InChI is InChI=1S/C12H8Cl2O/c13-9-6-10(14)8-12(7-9)15-11-4-2-1-3-5-11/h1-8H. The van der Waals surface area contributed by atoms with Gasteiger partial charge in [0, 0.05) is 10.0 Å². The fraction of sp³-hybridized carbons (Fsp3) is 0. The molecule has 0 fully saturated rings. The van der Waals surface area contributed by atoms with Crippen LogP contribution in [-0.2, 0) is 0 Å². The zero-order valence-electron chi connectivity index (χ0n) is 7.78. The van der Waals surface area contributed by atoms with E-state index in [1.165, 1.54) is 0 Å². The van der Waals surface area contributed by atoms with Crippen LogP contribution in [0, 0.1) is 0 Å². The smallest absolute Gasteiger partial charge is 0.130 e. The van der Waals surface area contributed by atoms with E-state index in [4.69, 9.17) is 27.9 Å². The molecule has 0 unspecified atom stereocenters. The Labute approximate surface area is 98.2 Å². The Balaban J connectivity index is 2.25. The van der Waals surface area contributed by atoms with Crippen molar-refractivity contribution in [1.82, 2.24) is 0 Å². The molecule has 0 bridgehead atoms. The van der Waals surface area contributed by atoms with Gasteiger partial charge in [0.15, 0.2) is 0 Å². The van der Waals surface area contributed by atoms with E-state index in [0.29, 0.717) is 15.8 Å². The van der Waals surface area contributed by atoms with Gasteiger partial charge in [-0.25, -0.2) is 0 Å². The lowest BCUT2D eigenvalue weighted by Gasteiger charge is -2.05. The summed E-state index contributed by atoms with van der Waals surface area (Å²) in [6.45, 7) is 0. The van der Waals surface area contributed by atoms with Gasteiger partial charge in [-0.3, -0.25) is 0 Å². The molecule has 76 valence electrons. The number of hydrogen-bond acceptors (Lipinski definition) is 1. The first-order valence-corrected chi connectivity index (χ1v) is 5.18. The molecule has 0 aliphatic heterocycles. The molecule has 0 atom stereocenters. The molecule has 0 saturated carbocycles. The maximum Gasteiger partial charge on any atom is 0.130 e. The molecule has 0 aliphatic rings. The summed E-state index contributed by atoms with van der Waals surface area (Å²) >= 11 is 11.7. The fourth-order valence-corrected chi connectivity index (χ4v) is 1.72. The van der Waals surface area contributed by atoms with Crippen molar-refractivity contribution in [1.29, 1.82) is 0 Å². The van der Waals surface area contributed by atoms with Crippen molar-refractivity contribution >= 4 is 23.2 Å². The summed E-state index contributed by atoms with van der Waals surface area (Å²) in [6, 6.07) is 14.6. The Morgan fingerprint density at radius 1 is 0.733 bits per heavy atom. The highest BCUT2D eigenvalue weighted by Gasteiger charge is 2.00. The maximum atomic E-state index is 5.85. The number of rotatable bonds is 2. The predicted octanol–water partition coefficient (Wildman–Crippen LogP) is 4.79. The molecule has 0 amide bonds. The molecule has 3 heteroatoms. The molecule has 2 rings (SSSR count). The summed E-state index contributed by atoms with van der Waals surface area (Å²) in [7, 11) is 0. The van der Waals surface area contributed by atoms with E-state index in [0.717, 1.165) is 5.75 Å². The largest absolute Gasteiger partial charge is 0.457 e. The lowest BCUT2D eigenvalue weighted by Crippen LogP contribution is -1.83. The Morgan fingerprint density at radius 2 is 1.33 bits per heavy atom. The Morgan fingerprint density at radius 3 is 1.93 bits per heavy atom. The highest BCUT2D eigenvalue weighted by atomic mass is 35.5. The van der Waals surface area contributed by atoms with E-state index < -0.39 is 0 Å². The minimum atomic E-state index is 0.563. The molecular weight excluding hydrogens is 231 g/mol. The van der Waals surface area contributed by atoms with E-state index in [9.17, 15) is 0 Å². The van der Waals surface area contributed by atoms with Gasteiger partial charge in [0.25, 0.3) is 0 Å². The van der Waals surface area contributed by atoms with Crippen LogP contribution in [0.25, 0.3) is 0 Å². The molecule has 1 nitrogen and oxygen atoms in total. The number of benzene rings is 2. The first-order chi connectivity index (χ1) is 7.24. The van der Waals surface area contributed by atoms with Gasteiger partial charge < -0.3 is 4.74 Å². The molecule has 0 saturated heterocycles. The Bertz CT molecular complexity index is 434. The Kier molecular flexibility index (Phi) is 3.14. The van der Waals surface area contributed by atoms with Gasteiger partial charge in [-0.15, -0.1) is 0 Å². The number of hydrogen-bond donors (Lipinski definition) is 0. The van der Waals surface area contributed by atoms with Crippen LogP contribution in [0.3, 0.4) is 0 Å². The summed E-state index contributed by atoms with van der Waals surface area (Å²) in [6.07, 6.45) is 0. The number of ether oxygens (including phenoxy) is 1. The van der Waals surface area contributed by atoms with Crippen LogP contribution < -0.4 is 4.74 Å². The topological polar surface area (TPSA) is 9.23 Å². The first-order valence-electron chi connectivity index (χ1n) is 4.43. The minimum absolute atomic E-state index is 0.563. The zero-order valence-corrected chi connectivity index (χ0v) is 9.29. The van der Waals surface area contributed by atoms with Crippen LogP contribution in [0.2, 0.25) is 10.0 Å². The van der Waals surface area contributed by atoms with E-state index in [-0.39, 0.29) is 0 Å². The van der Waals surface area contributed by atoms with Crippen molar-refractivity contribution in [2.24, 2.45) is 0 Å². The van der Waals surface area contributed by atoms with Gasteiger partial charge in [-0.05, 0) is 30.3 Å². The normalized spacial score (nSPS) is 10.0. The zero-order chi connectivity index (χ0) is 10.7. The van der Waals surface area contributed by atoms with Crippen LogP contribution >= 0.6 is 23.2 Å². The molecule has 0 N–H and O–H groups in total. The molecule has 0 aromatic heterocycles. The van der Waals surface area contributed by atoms with Gasteiger partial charge in [-0.1, -0.05) is 41.4 Å². The third kappa shape index (κ3) is 2.88. The quantitative estimate of drug-likeness (QED) is 0.732. The van der Waals surface area contributed by atoms with Crippen LogP contribution in [0.5, 0.6) is 11.5 Å². The van der Waals surface area contributed by atoms with Crippen molar-refractivity contribution in [3.05, 3.63) is 58.6 Å². The fourth-order valence-electron chi connectivity index (χ4n) is 1.21. The average molecular weight is 239 g/mol. The summed E-state index contributed by atoms with van der Waals surface area (Å²) < 4.78 is 5.57. The molecule has 0 heterocycles. The van der Waals surface area contributed by atoms with Crippen molar-refractivity contribution in [2.45, 2.75) is 0 Å². The second-order valence-corrected chi connectivity index (χ2v) is 3.89. The van der Waals surface area contributed by atoms with E-state index in [2.05, 4.69) is 0 Å². The lowest BCUT2D eigenvalue weighted by atomic mass is 10.3. The summed E-state index contributed by atoms with van der Waals surface area (Å²) in [5, 5.41) is 1.13. The van der Waals surface area contributed by atoms with Gasteiger partial charge in [-0.2, -0.15) is 0 Å². The van der Waals surface area contributed by atoms with E-state index in [1.807, 2.05) is 30.3 Å². The molecule has 0 aliphatic carbocycles. The summed E-state index contributed by atoms with van der Waals surface area (Å²) in [5.41, 5.74) is 0. The first kappa shape index (κ1) is 10.3. The molecule has 0 radical (unpaired) electrons. The second-order valence-electron chi connectivity index (χ2n) is 3.02. The molecule has 2 aromatic rings. The van der Waals surface area contributed by atoms with Crippen molar-refractivity contribution in [3.63, 3.8) is 0 Å². The summed E-state index contributed by atoms with van der Waals surface area (Å²) in [4.78, 5) is 0. The molecule has 2 aromatic carbocycles. The Hall–Kier alpha value is -1.18. The number of halogens is 2. The van der Waals surface area contributed by atoms with Gasteiger partial charge in [0.2, 0.25) is 0 Å². The van der Waals surface area contributed by atoms with Crippen LogP contribution in [0.4, 0.5) is 0 Å². The third-order valence-electron chi connectivity index (χ3n) is 1.81. The monoisotopic (exact) mass is 238 g/mol. The van der Waals surface area contributed by atoms with Crippen molar-refractivity contribution in [3.8, 4) is 11.5 Å². The number of para-hydroxylation sites is 1. The van der Waals surface area contributed by atoms with Crippen molar-refractivity contribution in [2.75, 3.05) is 0 Å². The van der Waals surface area contributed by atoms with E-state index in [1.54, 1.807) is 18.2 Å². The molecular formula is C12H8Cl2O. The molecule has 0 spiro atoms. The van der Waals surface area contributed by atoms with E-state index >= 15 is 0 Å². The van der Waals surface area contributed by atoms with Gasteiger partial charge in [0.05, 0.1) is 0 Å². The van der Waals surface area contributed by atoms with Crippen LogP contribution in [-0.4, -0.2) is 0 Å². The molecule has 15 heavy (non-hydrogen) atoms. The van der Waals surface area contributed by atoms with Gasteiger partial charge in [0.1, 0.15) is 11.5 Å². The SMILES string of the molecule is Clc1cc(Cl)cc(Oc2ccccc2)c1. The highest BCUT2D eigenvalue weighted by molar-refractivity contribution is 6.34. The highest BCUT2D eigenvalue weighted by Crippen LogP contribution is 2.27. The minimum Gasteiger partial charge on any atom is -0.457 e. The van der Waals surface area contributed by atoms with Crippen LogP contribution in [0.1, 0.15) is 0 Å². The summed E-state index contributed by atoms with van der Waals surface area (Å²) in [5.74, 6) is 1.40. The lowest BCUT2D eigenvalue weighted by molar-refractivity contribution is 0.483. The van der Waals surface area contributed by atoms with Crippen LogP contribution in [0.15, 0.2) is 48.5 Å². The maximum absolute atomic E-state index is 5.85. The predicted molar refractivity (Wildman–Crippen MR) is 63.0 cm³/mol. The van der Waals surface area contributed by atoms with Crippen molar-refractivity contribution < 1.29 is 4.74 Å². The third-order valence-corrected chi connectivity index (χ3v) is 2.25. The average Bonchev–Trinajstić information content (AvgIpc) is 2.17.